The van der Waals surface area contributed by atoms with E-state index in [1.165, 1.54) is 23.5 Å². The van der Waals surface area contributed by atoms with Gasteiger partial charge in [-0.05, 0) is 18.7 Å². The SMILES string of the molecule is CCNCc1nnc(-c2ccc([N+](=O)[O-])cc2)s1. The summed E-state index contributed by atoms with van der Waals surface area (Å²) in [6.07, 6.45) is 0. The summed E-state index contributed by atoms with van der Waals surface area (Å²) in [6, 6.07) is 6.33. The molecule has 0 aliphatic heterocycles. The van der Waals surface area contributed by atoms with E-state index in [-0.39, 0.29) is 5.69 Å². The van der Waals surface area contributed by atoms with Crippen LogP contribution in [0.15, 0.2) is 24.3 Å². The third-order valence-corrected chi connectivity index (χ3v) is 3.29. The van der Waals surface area contributed by atoms with Gasteiger partial charge in [0.15, 0.2) is 0 Å². The van der Waals surface area contributed by atoms with Gasteiger partial charge in [0.05, 0.1) is 4.92 Å². The van der Waals surface area contributed by atoms with E-state index >= 15 is 0 Å². The molecule has 2 aromatic rings. The predicted octanol–water partition coefficient (Wildman–Crippen LogP) is 2.22. The van der Waals surface area contributed by atoms with Crippen LogP contribution >= 0.6 is 11.3 Å². The first-order chi connectivity index (χ1) is 8.70. The van der Waals surface area contributed by atoms with E-state index < -0.39 is 4.92 Å². The molecular formula is C11H12N4O2S. The summed E-state index contributed by atoms with van der Waals surface area (Å²) in [4.78, 5) is 10.1. The first-order valence-corrected chi connectivity index (χ1v) is 6.30. The van der Waals surface area contributed by atoms with Crippen LogP contribution in [0.4, 0.5) is 5.69 Å². The average Bonchev–Trinajstić information content (AvgIpc) is 2.85. The second-order valence-electron chi connectivity index (χ2n) is 3.59. The highest BCUT2D eigenvalue weighted by Crippen LogP contribution is 2.25. The van der Waals surface area contributed by atoms with Crippen molar-refractivity contribution in [2.45, 2.75) is 13.5 Å². The van der Waals surface area contributed by atoms with Crippen molar-refractivity contribution < 1.29 is 4.92 Å². The van der Waals surface area contributed by atoms with Gasteiger partial charge in [0.2, 0.25) is 0 Å². The van der Waals surface area contributed by atoms with Crippen molar-refractivity contribution in [3.05, 3.63) is 39.4 Å². The molecule has 18 heavy (non-hydrogen) atoms. The Labute approximate surface area is 108 Å². The van der Waals surface area contributed by atoms with Crippen molar-refractivity contribution in [2.75, 3.05) is 6.54 Å². The molecule has 94 valence electrons. The zero-order valence-corrected chi connectivity index (χ0v) is 10.6. The summed E-state index contributed by atoms with van der Waals surface area (Å²) in [6.45, 7) is 3.60. The predicted molar refractivity (Wildman–Crippen MR) is 69.4 cm³/mol. The highest BCUT2D eigenvalue weighted by molar-refractivity contribution is 7.14. The Balaban J connectivity index is 2.15. The van der Waals surface area contributed by atoms with Crippen LogP contribution in [-0.4, -0.2) is 21.7 Å². The molecule has 0 fully saturated rings. The number of nitrogens with zero attached hydrogens (tertiary/aromatic N) is 3. The quantitative estimate of drug-likeness (QED) is 0.661. The number of nitro groups is 1. The Kier molecular flexibility index (Phi) is 3.96. The van der Waals surface area contributed by atoms with Crippen LogP contribution in [0.1, 0.15) is 11.9 Å². The van der Waals surface area contributed by atoms with Gasteiger partial charge in [-0.3, -0.25) is 10.1 Å². The highest BCUT2D eigenvalue weighted by Gasteiger charge is 2.09. The molecule has 7 heteroatoms. The molecule has 0 aliphatic carbocycles. The second kappa shape index (κ2) is 5.65. The number of non-ortho nitro benzene ring substituents is 1. The van der Waals surface area contributed by atoms with Gasteiger partial charge in [0.1, 0.15) is 10.0 Å². The number of rotatable bonds is 5. The van der Waals surface area contributed by atoms with Crippen LogP contribution in [0.3, 0.4) is 0 Å². The summed E-state index contributed by atoms with van der Waals surface area (Å²) in [7, 11) is 0. The van der Waals surface area contributed by atoms with Gasteiger partial charge in [0.25, 0.3) is 5.69 Å². The molecule has 1 aromatic carbocycles. The lowest BCUT2D eigenvalue weighted by Crippen LogP contribution is -2.11. The zero-order chi connectivity index (χ0) is 13.0. The van der Waals surface area contributed by atoms with Crippen molar-refractivity contribution in [2.24, 2.45) is 0 Å². The Morgan fingerprint density at radius 1 is 1.33 bits per heavy atom. The standard InChI is InChI=1S/C11H12N4O2S/c1-2-12-7-10-13-14-11(18-10)8-3-5-9(6-4-8)15(16)17/h3-6,12H,2,7H2,1H3. The monoisotopic (exact) mass is 264 g/mol. The molecule has 0 radical (unpaired) electrons. The first kappa shape index (κ1) is 12.6. The lowest BCUT2D eigenvalue weighted by Gasteiger charge is -1.95. The molecule has 0 saturated carbocycles. The Morgan fingerprint density at radius 3 is 2.67 bits per heavy atom. The van der Waals surface area contributed by atoms with Gasteiger partial charge in [-0.25, -0.2) is 0 Å². The van der Waals surface area contributed by atoms with E-state index in [0.29, 0.717) is 6.54 Å². The lowest BCUT2D eigenvalue weighted by atomic mass is 10.2. The number of hydrogen-bond donors (Lipinski definition) is 1. The summed E-state index contributed by atoms with van der Waals surface area (Å²) in [5.74, 6) is 0. The third kappa shape index (κ3) is 2.88. The minimum Gasteiger partial charge on any atom is -0.311 e. The fraction of sp³-hybridized carbons (Fsp3) is 0.273. The van der Waals surface area contributed by atoms with Crippen LogP contribution in [0, 0.1) is 10.1 Å². The van der Waals surface area contributed by atoms with Gasteiger partial charge < -0.3 is 5.32 Å². The Morgan fingerprint density at radius 2 is 2.06 bits per heavy atom. The number of hydrogen-bond acceptors (Lipinski definition) is 6. The third-order valence-electron chi connectivity index (χ3n) is 2.32. The van der Waals surface area contributed by atoms with Crippen molar-refractivity contribution in [1.29, 1.82) is 0 Å². The number of nitro benzene ring substituents is 1. The van der Waals surface area contributed by atoms with Crippen LogP contribution in [0.2, 0.25) is 0 Å². The normalized spacial score (nSPS) is 10.5. The van der Waals surface area contributed by atoms with Crippen molar-refractivity contribution >= 4 is 17.0 Å². The Hall–Kier alpha value is -1.86. The van der Waals surface area contributed by atoms with E-state index in [1.54, 1.807) is 12.1 Å². The first-order valence-electron chi connectivity index (χ1n) is 5.48. The molecule has 0 unspecified atom stereocenters. The van der Waals surface area contributed by atoms with Gasteiger partial charge in [-0.1, -0.05) is 18.3 Å². The average molecular weight is 264 g/mol. The molecule has 1 heterocycles. The summed E-state index contributed by atoms with van der Waals surface area (Å²) < 4.78 is 0. The smallest absolute Gasteiger partial charge is 0.269 e. The van der Waals surface area contributed by atoms with E-state index in [1.807, 2.05) is 6.92 Å². The van der Waals surface area contributed by atoms with E-state index in [0.717, 1.165) is 22.1 Å². The van der Waals surface area contributed by atoms with Gasteiger partial charge in [-0.2, -0.15) is 0 Å². The molecular weight excluding hydrogens is 252 g/mol. The molecule has 1 N–H and O–H groups in total. The zero-order valence-electron chi connectivity index (χ0n) is 9.79. The molecule has 0 spiro atoms. The molecule has 0 aliphatic rings. The molecule has 0 atom stereocenters. The van der Waals surface area contributed by atoms with Gasteiger partial charge in [-0.15, -0.1) is 10.2 Å². The maximum atomic E-state index is 10.5. The molecule has 0 bridgehead atoms. The van der Waals surface area contributed by atoms with E-state index in [4.69, 9.17) is 0 Å². The lowest BCUT2D eigenvalue weighted by molar-refractivity contribution is -0.384. The van der Waals surface area contributed by atoms with Crippen LogP contribution in [0.5, 0.6) is 0 Å². The van der Waals surface area contributed by atoms with Crippen LogP contribution < -0.4 is 5.32 Å². The largest absolute Gasteiger partial charge is 0.311 e. The summed E-state index contributed by atoms with van der Waals surface area (Å²) in [5.41, 5.74) is 0.928. The number of nitrogens with one attached hydrogen (secondary N) is 1. The fourth-order valence-corrected chi connectivity index (χ4v) is 2.21. The van der Waals surface area contributed by atoms with Crippen LogP contribution in [-0.2, 0) is 6.54 Å². The second-order valence-corrected chi connectivity index (χ2v) is 4.65. The molecule has 6 nitrogen and oxygen atoms in total. The van der Waals surface area contributed by atoms with Crippen molar-refractivity contribution in [3.63, 3.8) is 0 Å². The summed E-state index contributed by atoms with van der Waals surface area (Å²) in [5, 5.41) is 23.5. The van der Waals surface area contributed by atoms with E-state index in [2.05, 4.69) is 15.5 Å². The molecule has 1 aromatic heterocycles. The maximum Gasteiger partial charge on any atom is 0.269 e. The van der Waals surface area contributed by atoms with Crippen molar-refractivity contribution in [3.8, 4) is 10.6 Å². The van der Waals surface area contributed by atoms with Gasteiger partial charge >= 0.3 is 0 Å². The van der Waals surface area contributed by atoms with Crippen molar-refractivity contribution in [1.82, 2.24) is 15.5 Å². The molecule has 0 amide bonds. The fourth-order valence-electron chi connectivity index (χ4n) is 1.40. The minimum atomic E-state index is -0.416. The molecule has 2 rings (SSSR count). The highest BCUT2D eigenvalue weighted by atomic mass is 32.1. The Bertz CT molecular complexity index is 538. The molecule has 0 saturated heterocycles. The number of benzene rings is 1. The van der Waals surface area contributed by atoms with E-state index in [9.17, 15) is 10.1 Å². The minimum absolute atomic E-state index is 0.0798. The topological polar surface area (TPSA) is 81.0 Å². The number of aromatic nitrogens is 2. The summed E-state index contributed by atoms with van der Waals surface area (Å²) >= 11 is 1.49. The van der Waals surface area contributed by atoms with Crippen LogP contribution in [0.25, 0.3) is 10.6 Å². The van der Waals surface area contributed by atoms with Gasteiger partial charge in [0, 0.05) is 24.2 Å². The maximum absolute atomic E-state index is 10.5.